The van der Waals surface area contributed by atoms with E-state index in [1.807, 2.05) is 31.0 Å². The molecule has 2 aliphatic rings. The van der Waals surface area contributed by atoms with Gasteiger partial charge in [0.05, 0.1) is 6.04 Å². The van der Waals surface area contributed by atoms with Crippen LogP contribution in [0.2, 0.25) is 0 Å². The minimum atomic E-state index is -4.36. The van der Waals surface area contributed by atoms with Gasteiger partial charge in [-0.1, -0.05) is 0 Å². The first-order valence-corrected chi connectivity index (χ1v) is 8.74. The number of fused-ring (bicyclic) bond motifs is 1. The second-order valence-electron chi connectivity index (χ2n) is 7.11. The van der Waals surface area contributed by atoms with E-state index in [4.69, 9.17) is 0 Å². The SMILES string of the molecule is Cc1nnc2ccc(N3CC(N(C)C4CCN(CC(F)(F)F)C4=O)C3)nn12. The number of anilines is 1. The van der Waals surface area contributed by atoms with Crippen LogP contribution < -0.4 is 4.90 Å². The highest BCUT2D eigenvalue weighted by Crippen LogP contribution is 2.27. The number of hydrogen-bond acceptors (Lipinski definition) is 6. The molecule has 1 atom stereocenters. The van der Waals surface area contributed by atoms with Crippen LogP contribution in [-0.2, 0) is 4.79 Å². The van der Waals surface area contributed by atoms with Gasteiger partial charge in [0.15, 0.2) is 11.5 Å². The predicted molar refractivity (Wildman–Crippen MR) is 90.3 cm³/mol. The molecule has 4 rings (SSSR count). The molecule has 1 amide bonds. The van der Waals surface area contributed by atoms with Gasteiger partial charge < -0.3 is 9.80 Å². The smallest absolute Gasteiger partial charge is 0.352 e. The molecule has 0 aliphatic carbocycles. The maximum absolute atomic E-state index is 12.6. The van der Waals surface area contributed by atoms with E-state index in [1.54, 1.807) is 4.52 Å². The van der Waals surface area contributed by atoms with Crippen molar-refractivity contribution in [2.45, 2.75) is 31.6 Å². The number of rotatable bonds is 4. The highest BCUT2D eigenvalue weighted by atomic mass is 19.4. The maximum Gasteiger partial charge on any atom is 0.406 e. The zero-order chi connectivity index (χ0) is 19.3. The number of nitrogens with zero attached hydrogens (tertiary/aromatic N) is 7. The van der Waals surface area contributed by atoms with Crippen LogP contribution in [0.15, 0.2) is 12.1 Å². The predicted octanol–water partition coefficient (Wildman–Crippen LogP) is 0.716. The van der Waals surface area contributed by atoms with Crippen LogP contribution in [0.25, 0.3) is 5.65 Å². The van der Waals surface area contributed by atoms with E-state index >= 15 is 0 Å². The summed E-state index contributed by atoms with van der Waals surface area (Å²) in [6, 6.07) is 3.32. The topological polar surface area (TPSA) is 69.9 Å². The standard InChI is InChI=1S/C16H20F3N7O/c1-10-20-21-13-3-4-14(22-26(10)13)25-7-11(8-25)23(2)12-5-6-24(15(12)27)9-16(17,18)19/h3-4,11-12H,5-9H2,1-2H3. The lowest BCUT2D eigenvalue weighted by atomic mass is 10.0. The van der Waals surface area contributed by atoms with Gasteiger partial charge in [0.1, 0.15) is 12.4 Å². The van der Waals surface area contributed by atoms with Gasteiger partial charge in [-0.05, 0) is 32.5 Å². The van der Waals surface area contributed by atoms with Gasteiger partial charge in [0.25, 0.3) is 0 Å². The average Bonchev–Trinajstić information content (AvgIpc) is 3.09. The van der Waals surface area contributed by atoms with Crippen LogP contribution in [0.3, 0.4) is 0 Å². The van der Waals surface area contributed by atoms with Crippen molar-refractivity contribution in [3.8, 4) is 0 Å². The molecule has 2 fully saturated rings. The Bertz CT molecular complexity index is 861. The van der Waals surface area contributed by atoms with E-state index < -0.39 is 24.7 Å². The molecular weight excluding hydrogens is 363 g/mol. The molecule has 0 aromatic carbocycles. The maximum atomic E-state index is 12.6. The minimum absolute atomic E-state index is 0.101. The third-order valence-electron chi connectivity index (χ3n) is 5.30. The normalized spacial score (nSPS) is 21.6. The summed E-state index contributed by atoms with van der Waals surface area (Å²) in [5.74, 6) is 1.04. The lowest BCUT2D eigenvalue weighted by Crippen LogP contribution is -2.62. The van der Waals surface area contributed by atoms with Gasteiger partial charge in [-0.3, -0.25) is 9.69 Å². The van der Waals surface area contributed by atoms with E-state index in [1.165, 1.54) is 0 Å². The highest BCUT2D eigenvalue weighted by molar-refractivity contribution is 5.84. The van der Waals surface area contributed by atoms with E-state index in [0.29, 0.717) is 31.0 Å². The number of likely N-dealkylation sites (N-methyl/N-ethyl adjacent to an activating group) is 1. The first-order chi connectivity index (χ1) is 12.7. The third-order valence-corrected chi connectivity index (χ3v) is 5.30. The van der Waals surface area contributed by atoms with Gasteiger partial charge in [0.2, 0.25) is 5.91 Å². The Morgan fingerprint density at radius 3 is 2.70 bits per heavy atom. The number of carbonyl (C=O) groups excluding carboxylic acids is 1. The number of carbonyl (C=O) groups is 1. The zero-order valence-corrected chi connectivity index (χ0v) is 15.0. The summed E-state index contributed by atoms with van der Waals surface area (Å²) in [6.45, 7) is 2.13. The molecule has 0 spiro atoms. The van der Waals surface area contributed by atoms with Crippen molar-refractivity contribution >= 4 is 17.4 Å². The van der Waals surface area contributed by atoms with Gasteiger partial charge in [-0.15, -0.1) is 15.3 Å². The second-order valence-corrected chi connectivity index (χ2v) is 7.11. The summed E-state index contributed by atoms with van der Waals surface area (Å²) in [7, 11) is 1.81. The fourth-order valence-electron chi connectivity index (χ4n) is 3.68. The first kappa shape index (κ1) is 18.0. The third kappa shape index (κ3) is 3.31. The van der Waals surface area contributed by atoms with Crippen molar-refractivity contribution in [2.24, 2.45) is 0 Å². The van der Waals surface area contributed by atoms with Crippen LogP contribution >= 0.6 is 0 Å². The summed E-state index contributed by atoms with van der Waals surface area (Å²) < 4.78 is 39.4. The molecule has 0 bridgehead atoms. The Morgan fingerprint density at radius 2 is 2.00 bits per heavy atom. The molecule has 1 unspecified atom stereocenters. The van der Waals surface area contributed by atoms with Crippen molar-refractivity contribution in [1.82, 2.24) is 29.6 Å². The summed E-state index contributed by atoms with van der Waals surface area (Å²) in [4.78, 5) is 17.2. The van der Waals surface area contributed by atoms with Crippen molar-refractivity contribution in [3.05, 3.63) is 18.0 Å². The van der Waals surface area contributed by atoms with E-state index in [9.17, 15) is 18.0 Å². The van der Waals surface area contributed by atoms with Crippen molar-refractivity contribution in [1.29, 1.82) is 0 Å². The first-order valence-electron chi connectivity index (χ1n) is 8.74. The molecule has 0 radical (unpaired) electrons. The van der Waals surface area contributed by atoms with Crippen molar-refractivity contribution in [3.63, 3.8) is 0 Å². The summed E-state index contributed by atoms with van der Waals surface area (Å²) in [5, 5.41) is 12.5. The van der Waals surface area contributed by atoms with Crippen LogP contribution in [0.5, 0.6) is 0 Å². The molecule has 2 aromatic rings. The van der Waals surface area contributed by atoms with Gasteiger partial charge in [-0.25, -0.2) is 0 Å². The molecule has 11 heteroatoms. The fourth-order valence-corrected chi connectivity index (χ4v) is 3.68. The number of hydrogen-bond donors (Lipinski definition) is 0. The van der Waals surface area contributed by atoms with E-state index in [0.717, 1.165) is 10.7 Å². The van der Waals surface area contributed by atoms with Crippen LogP contribution in [0.1, 0.15) is 12.2 Å². The minimum Gasteiger partial charge on any atom is -0.352 e. The molecule has 146 valence electrons. The number of alkyl halides is 3. The molecule has 0 saturated carbocycles. The molecule has 4 heterocycles. The number of amides is 1. The Hall–Kier alpha value is -2.43. The fraction of sp³-hybridized carbons (Fsp3) is 0.625. The Labute approximate surface area is 153 Å². The van der Waals surface area contributed by atoms with Crippen LogP contribution in [0.4, 0.5) is 19.0 Å². The molecule has 8 nitrogen and oxygen atoms in total. The molecule has 0 N–H and O–H groups in total. The number of aromatic nitrogens is 4. The largest absolute Gasteiger partial charge is 0.406 e. The zero-order valence-electron chi connectivity index (χ0n) is 15.0. The second kappa shape index (κ2) is 6.32. The lowest BCUT2D eigenvalue weighted by Gasteiger charge is -2.46. The average molecular weight is 383 g/mol. The quantitative estimate of drug-likeness (QED) is 0.775. The molecule has 2 aliphatic heterocycles. The highest BCUT2D eigenvalue weighted by Gasteiger charge is 2.44. The monoisotopic (exact) mass is 383 g/mol. The molecule has 2 aromatic heterocycles. The summed E-state index contributed by atoms with van der Waals surface area (Å²) in [6.07, 6.45) is -3.94. The molecule has 2 saturated heterocycles. The number of halogens is 3. The van der Waals surface area contributed by atoms with E-state index in [2.05, 4.69) is 20.2 Å². The number of likely N-dealkylation sites (tertiary alicyclic amines) is 1. The Morgan fingerprint density at radius 1 is 1.26 bits per heavy atom. The van der Waals surface area contributed by atoms with Gasteiger partial charge >= 0.3 is 6.18 Å². The van der Waals surface area contributed by atoms with Crippen molar-refractivity contribution in [2.75, 3.05) is 38.1 Å². The van der Waals surface area contributed by atoms with Crippen molar-refractivity contribution < 1.29 is 18.0 Å². The van der Waals surface area contributed by atoms with Crippen LogP contribution in [-0.4, -0.2) is 87.0 Å². The summed E-state index contributed by atoms with van der Waals surface area (Å²) in [5.41, 5.74) is 0.673. The molecule has 27 heavy (non-hydrogen) atoms. The summed E-state index contributed by atoms with van der Waals surface area (Å²) >= 11 is 0. The number of aryl methyl sites for hydroxylation is 1. The van der Waals surface area contributed by atoms with Gasteiger partial charge in [-0.2, -0.15) is 17.7 Å². The Balaban J connectivity index is 1.37. The van der Waals surface area contributed by atoms with Gasteiger partial charge in [0, 0.05) is 25.7 Å². The molecular formula is C16H20F3N7O. The Kier molecular flexibility index (Phi) is 4.21. The van der Waals surface area contributed by atoms with Crippen LogP contribution in [0, 0.1) is 6.92 Å². The lowest BCUT2D eigenvalue weighted by molar-refractivity contribution is -0.159. The van der Waals surface area contributed by atoms with E-state index in [-0.39, 0.29) is 12.6 Å².